The van der Waals surface area contributed by atoms with Crippen molar-refractivity contribution in [3.8, 4) is 0 Å². The highest BCUT2D eigenvalue weighted by molar-refractivity contribution is 5.68. The average molecular weight is 309 g/mol. The number of amides is 1. The van der Waals surface area contributed by atoms with Crippen molar-refractivity contribution in [2.45, 2.75) is 38.8 Å². The first-order chi connectivity index (χ1) is 10.3. The van der Waals surface area contributed by atoms with Crippen molar-refractivity contribution in [2.75, 3.05) is 13.2 Å². The van der Waals surface area contributed by atoms with E-state index in [1.165, 1.54) is 0 Å². The minimum atomic E-state index is -1.05. The molecular weight excluding hydrogens is 286 g/mol. The Bertz CT molecular complexity index is 481. The fraction of sp³-hybridized carbons (Fsp3) is 0.500. The molecule has 6 nitrogen and oxygen atoms in total. The van der Waals surface area contributed by atoms with Crippen LogP contribution < -0.4 is 5.32 Å². The molecule has 0 heterocycles. The lowest BCUT2D eigenvalue weighted by Gasteiger charge is -2.23. The molecular formula is C16H23NO5. The number of alkyl carbamates (subject to hydrolysis) is 1. The van der Waals surface area contributed by atoms with Crippen molar-refractivity contribution in [3.05, 3.63) is 35.9 Å². The van der Waals surface area contributed by atoms with Gasteiger partial charge >= 0.3 is 12.1 Å². The van der Waals surface area contributed by atoms with Gasteiger partial charge in [0.2, 0.25) is 0 Å². The maximum absolute atomic E-state index is 11.9. The van der Waals surface area contributed by atoms with Crippen LogP contribution in [0, 0.1) is 0 Å². The summed E-state index contributed by atoms with van der Waals surface area (Å²) in [7, 11) is 0. The van der Waals surface area contributed by atoms with Gasteiger partial charge in [-0.3, -0.25) is 0 Å². The molecule has 0 spiro atoms. The molecule has 0 aliphatic carbocycles. The number of carboxylic acid groups (broad SMARTS) is 1. The van der Waals surface area contributed by atoms with Gasteiger partial charge in [0.1, 0.15) is 12.2 Å². The monoisotopic (exact) mass is 309 g/mol. The molecule has 0 aromatic heterocycles. The molecule has 122 valence electrons. The first-order valence-corrected chi connectivity index (χ1v) is 7.09. The number of aliphatic carboxylic acids is 1. The third-order valence-electron chi connectivity index (χ3n) is 2.59. The summed E-state index contributed by atoms with van der Waals surface area (Å²) in [5.74, 6) is -1.05. The molecule has 2 N–H and O–H groups in total. The molecule has 0 aliphatic heterocycles. The summed E-state index contributed by atoms with van der Waals surface area (Å²) in [5.41, 5.74) is 0.422. The van der Waals surface area contributed by atoms with Crippen LogP contribution in [0.15, 0.2) is 30.3 Å². The second kappa shape index (κ2) is 8.38. The van der Waals surface area contributed by atoms with Crippen LogP contribution in [0.3, 0.4) is 0 Å². The molecule has 6 heteroatoms. The van der Waals surface area contributed by atoms with Gasteiger partial charge in [0.05, 0.1) is 12.6 Å². The number of rotatable bonds is 7. The predicted octanol–water partition coefficient (Wildman–Crippen LogP) is 2.22. The summed E-state index contributed by atoms with van der Waals surface area (Å²) in [4.78, 5) is 22.4. The quantitative estimate of drug-likeness (QED) is 0.806. The van der Waals surface area contributed by atoms with Crippen molar-refractivity contribution in [1.82, 2.24) is 5.32 Å². The molecule has 0 radical (unpaired) electrons. The maximum atomic E-state index is 11.9. The largest absolute Gasteiger partial charge is 0.480 e. The Morgan fingerprint density at radius 3 is 2.41 bits per heavy atom. The van der Waals surface area contributed by atoms with Crippen LogP contribution in [-0.4, -0.2) is 42.0 Å². The normalized spacial score (nSPS) is 12.5. The Kier molecular flexibility index (Phi) is 6.85. The van der Waals surface area contributed by atoms with E-state index >= 15 is 0 Å². The Morgan fingerprint density at radius 2 is 1.86 bits per heavy atom. The lowest BCUT2D eigenvalue weighted by atomic mass is 10.1. The van der Waals surface area contributed by atoms with E-state index in [0.29, 0.717) is 6.42 Å². The van der Waals surface area contributed by atoms with E-state index < -0.39 is 24.3 Å². The first kappa shape index (κ1) is 18.0. The summed E-state index contributed by atoms with van der Waals surface area (Å²) in [6.07, 6.45) is -0.0213. The zero-order valence-corrected chi connectivity index (χ0v) is 13.2. The molecule has 0 bridgehead atoms. The topological polar surface area (TPSA) is 84.9 Å². The molecule has 1 unspecified atom stereocenters. The predicted molar refractivity (Wildman–Crippen MR) is 81.8 cm³/mol. The van der Waals surface area contributed by atoms with E-state index in [-0.39, 0.29) is 12.6 Å². The van der Waals surface area contributed by atoms with Gasteiger partial charge in [-0.1, -0.05) is 30.3 Å². The van der Waals surface area contributed by atoms with Gasteiger partial charge in [0.15, 0.2) is 0 Å². The minimum Gasteiger partial charge on any atom is -0.480 e. The second-order valence-corrected chi connectivity index (χ2v) is 5.94. The van der Waals surface area contributed by atoms with Crippen molar-refractivity contribution in [2.24, 2.45) is 0 Å². The molecule has 0 saturated carbocycles. The third-order valence-corrected chi connectivity index (χ3v) is 2.59. The number of nitrogens with one attached hydrogen (secondary N) is 1. The van der Waals surface area contributed by atoms with Gasteiger partial charge in [0, 0.05) is 0 Å². The van der Waals surface area contributed by atoms with Gasteiger partial charge in [-0.15, -0.1) is 0 Å². The van der Waals surface area contributed by atoms with Crippen LogP contribution >= 0.6 is 0 Å². The van der Waals surface area contributed by atoms with Crippen molar-refractivity contribution < 1.29 is 24.2 Å². The zero-order valence-electron chi connectivity index (χ0n) is 13.2. The number of hydrogen-bond acceptors (Lipinski definition) is 4. The maximum Gasteiger partial charge on any atom is 0.407 e. The van der Waals surface area contributed by atoms with E-state index in [1.54, 1.807) is 20.8 Å². The smallest absolute Gasteiger partial charge is 0.407 e. The second-order valence-electron chi connectivity index (χ2n) is 5.94. The fourth-order valence-corrected chi connectivity index (χ4v) is 1.81. The van der Waals surface area contributed by atoms with Crippen molar-refractivity contribution >= 4 is 12.1 Å². The highest BCUT2D eigenvalue weighted by Gasteiger charge is 2.20. The molecule has 1 atom stereocenters. The van der Waals surface area contributed by atoms with Crippen LogP contribution in [0.25, 0.3) is 0 Å². The summed E-state index contributed by atoms with van der Waals surface area (Å²) in [5, 5.41) is 11.3. The number of carbonyl (C=O) groups excluding carboxylic acids is 1. The Morgan fingerprint density at radius 1 is 1.23 bits per heavy atom. The number of carbonyl (C=O) groups is 2. The molecule has 1 amide bonds. The molecule has 0 fully saturated rings. The number of carboxylic acids is 1. The van der Waals surface area contributed by atoms with Crippen molar-refractivity contribution in [1.29, 1.82) is 0 Å². The summed E-state index contributed by atoms with van der Waals surface area (Å²) >= 11 is 0. The van der Waals surface area contributed by atoms with E-state index in [0.717, 1.165) is 5.56 Å². The minimum absolute atomic E-state index is 0.0977. The summed E-state index contributed by atoms with van der Waals surface area (Å²) in [6, 6.07) is 9.20. The summed E-state index contributed by atoms with van der Waals surface area (Å²) in [6.45, 7) is 5.03. The summed E-state index contributed by atoms with van der Waals surface area (Å²) < 4.78 is 10.3. The number of ether oxygens (including phenoxy) is 2. The first-order valence-electron chi connectivity index (χ1n) is 7.09. The average Bonchev–Trinajstić information content (AvgIpc) is 2.36. The SMILES string of the molecule is CC(C)(C)OC(=O)NC(COCC(=O)O)Cc1ccccc1. The van der Waals surface area contributed by atoms with E-state index in [1.807, 2.05) is 30.3 Å². The number of hydrogen-bond donors (Lipinski definition) is 2. The molecule has 22 heavy (non-hydrogen) atoms. The van der Waals surface area contributed by atoms with Crippen molar-refractivity contribution in [3.63, 3.8) is 0 Å². The Hall–Kier alpha value is -2.08. The van der Waals surface area contributed by atoms with Crippen LogP contribution in [-0.2, 0) is 20.7 Å². The highest BCUT2D eigenvalue weighted by atomic mass is 16.6. The lowest BCUT2D eigenvalue weighted by molar-refractivity contribution is -0.142. The fourth-order valence-electron chi connectivity index (χ4n) is 1.81. The van der Waals surface area contributed by atoms with Crippen LogP contribution in [0.2, 0.25) is 0 Å². The third kappa shape index (κ3) is 8.26. The van der Waals surface area contributed by atoms with Crippen LogP contribution in [0.1, 0.15) is 26.3 Å². The molecule has 0 aliphatic rings. The van der Waals surface area contributed by atoms with Gasteiger partial charge in [-0.25, -0.2) is 9.59 Å². The highest BCUT2D eigenvalue weighted by Crippen LogP contribution is 2.08. The zero-order chi connectivity index (χ0) is 16.6. The van der Waals surface area contributed by atoms with Crippen LogP contribution in [0.5, 0.6) is 0 Å². The molecule has 1 aromatic rings. The molecule has 0 saturated heterocycles. The Labute approximate surface area is 130 Å². The standard InChI is InChI=1S/C16H23NO5/c1-16(2,3)22-15(20)17-13(10-21-11-14(18)19)9-12-7-5-4-6-8-12/h4-8,13H,9-11H2,1-3H3,(H,17,20)(H,18,19). The van der Waals surface area contributed by atoms with E-state index in [2.05, 4.69) is 5.32 Å². The van der Waals surface area contributed by atoms with Gasteiger partial charge in [-0.2, -0.15) is 0 Å². The van der Waals surface area contributed by atoms with E-state index in [9.17, 15) is 9.59 Å². The van der Waals surface area contributed by atoms with E-state index in [4.69, 9.17) is 14.6 Å². The molecule has 1 aromatic carbocycles. The van der Waals surface area contributed by atoms with Crippen LogP contribution in [0.4, 0.5) is 4.79 Å². The molecule has 1 rings (SSSR count). The lowest BCUT2D eigenvalue weighted by Crippen LogP contribution is -2.43. The van der Waals surface area contributed by atoms with Gasteiger partial charge in [-0.05, 0) is 32.8 Å². The van der Waals surface area contributed by atoms with Gasteiger partial charge in [0.25, 0.3) is 0 Å². The van der Waals surface area contributed by atoms with Gasteiger partial charge < -0.3 is 19.9 Å². The Balaban J connectivity index is 2.60. The number of benzene rings is 1.